The van der Waals surface area contributed by atoms with Crippen LogP contribution in [0.25, 0.3) is 0 Å². The molecule has 142 valence electrons. The number of rotatable bonds is 4. The Morgan fingerprint density at radius 3 is 1.93 bits per heavy atom. The average Bonchev–Trinajstić information content (AvgIpc) is 3.16. The van der Waals surface area contributed by atoms with E-state index in [1.807, 2.05) is 62.4 Å². The predicted octanol–water partition coefficient (Wildman–Crippen LogP) is 3.32. The van der Waals surface area contributed by atoms with Gasteiger partial charge in [0.1, 0.15) is 6.10 Å². The third-order valence-corrected chi connectivity index (χ3v) is 6.32. The van der Waals surface area contributed by atoms with Crippen molar-refractivity contribution in [1.29, 1.82) is 0 Å². The van der Waals surface area contributed by atoms with Gasteiger partial charge in [0.2, 0.25) is 5.60 Å². The van der Waals surface area contributed by atoms with E-state index in [2.05, 4.69) is 11.9 Å². The van der Waals surface area contributed by atoms with Crippen molar-refractivity contribution in [2.45, 2.75) is 56.9 Å². The van der Waals surface area contributed by atoms with Gasteiger partial charge in [-0.2, -0.15) is 0 Å². The number of fused-ring (bicyclic) bond motifs is 2. The molecule has 0 aromatic heterocycles. The second kappa shape index (κ2) is 6.77. The Balaban J connectivity index is 1.68. The van der Waals surface area contributed by atoms with E-state index in [1.54, 1.807) is 0 Å². The Bertz CT molecular complexity index is 782. The number of aliphatic hydroxyl groups is 1. The number of aryl methyl sites for hydroxylation is 2. The first-order valence-electron chi connectivity index (χ1n) is 9.69. The zero-order valence-corrected chi connectivity index (χ0v) is 16.2. The van der Waals surface area contributed by atoms with E-state index in [1.165, 1.54) is 0 Å². The van der Waals surface area contributed by atoms with Crippen LogP contribution in [-0.2, 0) is 15.1 Å². The monoisotopic (exact) mass is 365 g/mol. The van der Waals surface area contributed by atoms with Crippen LogP contribution in [0, 0.1) is 13.8 Å². The Morgan fingerprint density at radius 1 is 1.00 bits per heavy atom. The van der Waals surface area contributed by atoms with E-state index in [-0.39, 0.29) is 12.1 Å². The molecule has 1 N–H and O–H groups in total. The van der Waals surface area contributed by atoms with Gasteiger partial charge in [0.25, 0.3) is 0 Å². The third kappa shape index (κ3) is 3.07. The summed E-state index contributed by atoms with van der Waals surface area (Å²) in [6.07, 6.45) is 2.91. The molecule has 2 aromatic rings. The fraction of sp³-hybridized carbons (Fsp3) is 0.435. The second-order valence-electron chi connectivity index (χ2n) is 8.09. The summed E-state index contributed by atoms with van der Waals surface area (Å²) in [6.45, 7) is 3.97. The molecule has 2 bridgehead atoms. The number of benzene rings is 2. The number of hydrogen-bond donors (Lipinski definition) is 1. The molecule has 0 spiro atoms. The van der Waals surface area contributed by atoms with Crippen molar-refractivity contribution in [3.8, 4) is 0 Å². The van der Waals surface area contributed by atoms with Crippen molar-refractivity contribution >= 4 is 5.97 Å². The van der Waals surface area contributed by atoms with Gasteiger partial charge in [-0.15, -0.1) is 0 Å². The zero-order valence-electron chi connectivity index (χ0n) is 16.2. The van der Waals surface area contributed by atoms with Gasteiger partial charge >= 0.3 is 5.97 Å². The number of esters is 1. The summed E-state index contributed by atoms with van der Waals surface area (Å²) >= 11 is 0. The van der Waals surface area contributed by atoms with Crippen molar-refractivity contribution in [3.05, 3.63) is 70.8 Å². The molecule has 2 aliphatic rings. The largest absolute Gasteiger partial charge is 0.458 e. The second-order valence-corrected chi connectivity index (χ2v) is 8.09. The summed E-state index contributed by atoms with van der Waals surface area (Å²) in [5, 5.41) is 11.6. The first kappa shape index (κ1) is 18.2. The molecule has 0 radical (unpaired) electrons. The standard InChI is InChI=1S/C23H27NO3/c1-15-4-8-17(9-5-15)23(26,18-10-6-16(2)7-11-18)22(25)27-21-14-19-12-13-20(21)24(19)3/h4-11,19-21,26H,12-14H2,1-3H3. The molecule has 0 aliphatic carbocycles. The SMILES string of the molecule is Cc1ccc(C(O)(C(=O)OC2CC3CCC2N3C)c2ccc(C)cc2)cc1. The van der Waals surface area contributed by atoms with Gasteiger partial charge in [0.05, 0.1) is 0 Å². The Kier molecular flexibility index (Phi) is 4.57. The smallest absolute Gasteiger partial charge is 0.348 e. The van der Waals surface area contributed by atoms with Crippen LogP contribution in [0.1, 0.15) is 41.5 Å². The highest BCUT2D eigenvalue weighted by Crippen LogP contribution is 2.40. The number of likely N-dealkylation sites (N-methyl/N-ethyl adjacent to an activating group) is 1. The molecule has 4 rings (SSSR count). The Hall–Kier alpha value is -2.17. The fourth-order valence-electron chi connectivity index (χ4n) is 4.54. The summed E-state index contributed by atoms with van der Waals surface area (Å²) < 4.78 is 5.92. The summed E-state index contributed by atoms with van der Waals surface area (Å²) in [4.78, 5) is 15.6. The minimum absolute atomic E-state index is 0.149. The maximum Gasteiger partial charge on any atom is 0.348 e. The van der Waals surface area contributed by atoms with E-state index in [9.17, 15) is 9.90 Å². The Labute approximate surface area is 160 Å². The molecule has 4 heteroatoms. The molecule has 2 heterocycles. The summed E-state index contributed by atoms with van der Waals surface area (Å²) in [5.41, 5.74) is 1.43. The van der Waals surface area contributed by atoms with Crippen LogP contribution in [0.2, 0.25) is 0 Å². The van der Waals surface area contributed by atoms with E-state index >= 15 is 0 Å². The Morgan fingerprint density at radius 2 is 1.52 bits per heavy atom. The van der Waals surface area contributed by atoms with Crippen molar-refractivity contribution in [2.24, 2.45) is 0 Å². The molecular weight excluding hydrogens is 338 g/mol. The van der Waals surface area contributed by atoms with Gasteiger partial charge < -0.3 is 9.84 Å². The van der Waals surface area contributed by atoms with Crippen molar-refractivity contribution in [3.63, 3.8) is 0 Å². The van der Waals surface area contributed by atoms with E-state index in [0.29, 0.717) is 17.2 Å². The highest BCUT2D eigenvalue weighted by atomic mass is 16.6. The van der Waals surface area contributed by atoms with Gasteiger partial charge in [-0.3, -0.25) is 4.90 Å². The molecule has 0 saturated carbocycles. The fourth-order valence-corrected chi connectivity index (χ4v) is 4.54. The number of carbonyl (C=O) groups is 1. The molecular formula is C23H27NO3. The summed E-state index contributed by atoms with van der Waals surface area (Å²) in [6, 6.07) is 15.6. The topological polar surface area (TPSA) is 49.8 Å². The number of carbonyl (C=O) groups excluding carboxylic acids is 1. The molecule has 4 nitrogen and oxygen atoms in total. The molecule has 0 amide bonds. The molecule has 27 heavy (non-hydrogen) atoms. The molecule has 2 aromatic carbocycles. The van der Waals surface area contributed by atoms with Crippen molar-refractivity contribution in [2.75, 3.05) is 7.05 Å². The first-order chi connectivity index (χ1) is 12.9. The average molecular weight is 365 g/mol. The van der Waals surface area contributed by atoms with Crippen LogP contribution < -0.4 is 0 Å². The van der Waals surface area contributed by atoms with Gasteiger partial charge in [-0.1, -0.05) is 59.7 Å². The van der Waals surface area contributed by atoms with E-state index in [4.69, 9.17) is 4.74 Å². The zero-order chi connectivity index (χ0) is 19.2. The minimum atomic E-state index is -1.80. The van der Waals surface area contributed by atoms with Crippen LogP contribution >= 0.6 is 0 Å². The van der Waals surface area contributed by atoms with Crippen LogP contribution in [0.5, 0.6) is 0 Å². The maximum atomic E-state index is 13.3. The molecule has 3 atom stereocenters. The third-order valence-electron chi connectivity index (χ3n) is 6.32. The van der Waals surface area contributed by atoms with Crippen LogP contribution in [-0.4, -0.2) is 41.2 Å². The van der Waals surface area contributed by atoms with Crippen molar-refractivity contribution in [1.82, 2.24) is 4.90 Å². The number of hydrogen-bond acceptors (Lipinski definition) is 4. The van der Waals surface area contributed by atoms with Crippen LogP contribution in [0.3, 0.4) is 0 Å². The van der Waals surface area contributed by atoms with E-state index < -0.39 is 11.6 Å². The summed E-state index contributed by atoms with van der Waals surface area (Å²) in [5.74, 6) is -0.582. The lowest BCUT2D eigenvalue weighted by Gasteiger charge is -2.31. The molecule has 2 aliphatic heterocycles. The van der Waals surface area contributed by atoms with Crippen LogP contribution in [0.4, 0.5) is 0 Å². The normalized spacial score (nSPS) is 25.0. The highest BCUT2D eigenvalue weighted by molar-refractivity contribution is 5.85. The van der Waals surface area contributed by atoms with Gasteiger partial charge in [0, 0.05) is 18.5 Å². The minimum Gasteiger partial charge on any atom is -0.458 e. The molecule has 3 unspecified atom stereocenters. The van der Waals surface area contributed by atoms with Crippen LogP contribution in [0.15, 0.2) is 48.5 Å². The van der Waals surface area contributed by atoms with Crippen molar-refractivity contribution < 1.29 is 14.6 Å². The van der Waals surface area contributed by atoms with Gasteiger partial charge in [0.15, 0.2) is 0 Å². The first-order valence-corrected chi connectivity index (χ1v) is 9.69. The molecule has 2 fully saturated rings. The predicted molar refractivity (Wildman–Crippen MR) is 104 cm³/mol. The number of nitrogens with zero attached hydrogens (tertiary/aromatic N) is 1. The number of ether oxygens (including phenoxy) is 1. The summed E-state index contributed by atoms with van der Waals surface area (Å²) in [7, 11) is 2.10. The quantitative estimate of drug-likeness (QED) is 0.845. The molecule has 2 saturated heterocycles. The lowest BCUT2D eigenvalue weighted by atomic mass is 9.85. The van der Waals surface area contributed by atoms with E-state index in [0.717, 1.165) is 30.4 Å². The lowest BCUT2D eigenvalue weighted by Crippen LogP contribution is -2.43. The lowest BCUT2D eigenvalue weighted by molar-refractivity contribution is -0.169. The van der Waals surface area contributed by atoms with Gasteiger partial charge in [-0.25, -0.2) is 4.79 Å². The maximum absolute atomic E-state index is 13.3. The van der Waals surface area contributed by atoms with Gasteiger partial charge in [-0.05, 0) is 44.9 Å². The highest BCUT2D eigenvalue weighted by Gasteiger charge is 2.49.